The van der Waals surface area contributed by atoms with Crippen LogP contribution in [0.15, 0.2) is 10.8 Å². The second-order valence-electron chi connectivity index (χ2n) is 3.21. The van der Waals surface area contributed by atoms with Crippen molar-refractivity contribution in [1.82, 2.24) is 9.97 Å². The van der Waals surface area contributed by atoms with Crippen molar-refractivity contribution in [2.45, 2.75) is 32.7 Å². The van der Waals surface area contributed by atoms with Gasteiger partial charge in [0.15, 0.2) is 5.82 Å². The summed E-state index contributed by atoms with van der Waals surface area (Å²) in [6, 6.07) is 0.419. The maximum absolute atomic E-state index is 5.02. The third-order valence-electron chi connectivity index (χ3n) is 2.24. The molecule has 0 aromatic carbocycles. The second kappa shape index (κ2) is 5.90. The first-order valence-electron chi connectivity index (χ1n) is 5.04. The lowest BCUT2D eigenvalue weighted by Gasteiger charge is -2.16. The van der Waals surface area contributed by atoms with E-state index in [2.05, 4.69) is 45.1 Å². The first kappa shape index (κ1) is 12.2. The van der Waals surface area contributed by atoms with E-state index in [0.29, 0.717) is 11.9 Å². The van der Waals surface area contributed by atoms with Gasteiger partial charge in [-0.25, -0.2) is 4.98 Å². The third-order valence-corrected chi connectivity index (χ3v) is 2.82. The Bertz CT molecular complexity index is 316. The van der Waals surface area contributed by atoms with Crippen LogP contribution < -0.4 is 10.1 Å². The van der Waals surface area contributed by atoms with Crippen molar-refractivity contribution >= 4 is 21.7 Å². The van der Waals surface area contributed by atoms with Crippen molar-refractivity contribution in [3.05, 3.63) is 10.8 Å². The van der Waals surface area contributed by atoms with E-state index >= 15 is 0 Å². The molecular weight excluding hydrogens is 258 g/mol. The Morgan fingerprint density at radius 1 is 1.47 bits per heavy atom. The molecule has 0 amide bonds. The number of halogens is 1. The zero-order valence-electron chi connectivity index (χ0n) is 9.25. The Balaban J connectivity index is 2.82. The maximum Gasteiger partial charge on any atom is 0.234 e. The fourth-order valence-electron chi connectivity index (χ4n) is 1.23. The van der Waals surface area contributed by atoms with Gasteiger partial charge in [0, 0.05) is 6.04 Å². The molecule has 1 rings (SSSR count). The largest absolute Gasteiger partial charge is 0.480 e. The lowest BCUT2D eigenvalue weighted by atomic mass is 10.2. The van der Waals surface area contributed by atoms with Crippen molar-refractivity contribution in [2.24, 2.45) is 0 Å². The molecule has 0 unspecified atom stereocenters. The zero-order chi connectivity index (χ0) is 11.3. The molecule has 0 spiro atoms. The molecular formula is C10H16BrN3O. The van der Waals surface area contributed by atoms with Crippen LogP contribution in [0.4, 0.5) is 5.82 Å². The van der Waals surface area contributed by atoms with Crippen LogP contribution in [0.25, 0.3) is 0 Å². The molecule has 5 heteroatoms. The molecule has 4 nitrogen and oxygen atoms in total. The Labute approximate surface area is 98.6 Å². The third kappa shape index (κ3) is 3.34. The molecule has 0 saturated heterocycles. The van der Waals surface area contributed by atoms with Gasteiger partial charge >= 0.3 is 0 Å². The molecule has 0 saturated carbocycles. The molecule has 1 aromatic rings. The number of methoxy groups -OCH3 is 1. The predicted octanol–water partition coefficient (Wildman–Crippen LogP) is 2.85. The highest BCUT2D eigenvalue weighted by atomic mass is 79.9. The van der Waals surface area contributed by atoms with Crippen LogP contribution in [0.1, 0.15) is 26.7 Å². The monoisotopic (exact) mass is 273 g/mol. The predicted molar refractivity (Wildman–Crippen MR) is 64.3 cm³/mol. The number of aromatic nitrogens is 2. The highest BCUT2D eigenvalue weighted by Gasteiger charge is 2.09. The van der Waals surface area contributed by atoms with Crippen LogP contribution >= 0.6 is 15.9 Å². The summed E-state index contributed by atoms with van der Waals surface area (Å²) in [6.45, 7) is 4.28. The normalized spacial score (nSPS) is 10.5. The first-order chi connectivity index (χ1) is 7.21. The molecule has 1 aromatic heterocycles. The summed E-state index contributed by atoms with van der Waals surface area (Å²) in [5.74, 6) is 1.26. The van der Waals surface area contributed by atoms with Gasteiger partial charge < -0.3 is 10.1 Å². The zero-order valence-corrected chi connectivity index (χ0v) is 10.8. The van der Waals surface area contributed by atoms with Crippen molar-refractivity contribution in [1.29, 1.82) is 0 Å². The van der Waals surface area contributed by atoms with E-state index in [4.69, 9.17) is 4.74 Å². The second-order valence-corrected chi connectivity index (χ2v) is 3.96. The minimum Gasteiger partial charge on any atom is -0.480 e. The average Bonchev–Trinajstić information content (AvgIpc) is 2.28. The Morgan fingerprint density at radius 2 is 2.13 bits per heavy atom. The van der Waals surface area contributed by atoms with E-state index < -0.39 is 0 Å². The van der Waals surface area contributed by atoms with Gasteiger partial charge in [0.25, 0.3) is 0 Å². The van der Waals surface area contributed by atoms with Crippen molar-refractivity contribution in [3.63, 3.8) is 0 Å². The summed E-state index contributed by atoms with van der Waals surface area (Å²) in [6.07, 6.45) is 3.70. The number of nitrogens with zero attached hydrogens (tertiary/aromatic N) is 2. The molecule has 84 valence electrons. The van der Waals surface area contributed by atoms with Crippen LogP contribution in [0.5, 0.6) is 5.88 Å². The van der Waals surface area contributed by atoms with E-state index in [1.807, 2.05) is 0 Å². The Morgan fingerprint density at radius 3 is 2.67 bits per heavy atom. The number of nitrogens with one attached hydrogen (secondary N) is 1. The number of hydrogen-bond acceptors (Lipinski definition) is 4. The molecule has 0 aliphatic heterocycles. The summed E-state index contributed by atoms with van der Waals surface area (Å²) in [5.41, 5.74) is 0. The standard InChI is InChI=1S/C10H16BrN3O/c1-4-7(5-2)13-10-9(11)12-6-8(14-10)15-3/h6-7H,4-5H2,1-3H3,(H,13,14). The van der Waals surface area contributed by atoms with Crippen molar-refractivity contribution in [3.8, 4) is 5.88 Å². The molecule has 1 N–H and O–H groups in total. The summed E-state index contributed by atoms with van der Waals surface area (Å²) in [4.78, 5) is 8.42. The lowest BCUT2D eigenvalue weighted by Crippen LogP contribution is -2.18. The quantitative estimate of drug-likeness (QED) is 0.896. The van der Waals surface area contributed by atoms with E-state index in [9.17, 15) is 0 Å². The maximum atomic E-state index is 5.02. The minimum atomic E-state index is 0.419. The number of rotatable bonds is 5. The van der Waals surface area contributed by atoms with E-state index in [-0.39, 0.29) is 0 Å². The van der Waals surface area contributed by atoms with Crippen LogP contribution in [-0.2, 0) is 0 Å². The average molecular weight is 274 g/mol. The van der Waals surface area contributed by atoms with E-state index in [1.165, 1.54) is 0 Å². The van der Waals surface area contributed by atoms with Crippen LogP contribution in [0, 0.1) is 0 Å². The smallest absolute Gasteiger partial charge is 0.234 e. The summed E-state index contributed by atoms with van der Waals surface area (Å²) >= 11 is 3.35. The lowest BCUT2D eigenvalue weighted by molar-refractivity contribution is 0.395. The molecule has 0 fully saturated rings. The molecule has 1 heterocycles. The molecule has 0 aliphatic rings. The van der Waals surface area contributed by atoms with Gasteiger partial charge in [-0.3, -0.25) is 0 Å². The van der Waals surface area contributed by atoms with Crippen molar-refractivity contribution < 1.29 is 4.74 Å². The van der Waals surface area contributed by atoms with Gasteiger partial charge in [-0.2, -0.15) is 4.98 Å². The van der Waals surface area contributed by atoms with Crippen molar-refractivity contribution in [2.75, 3.05) is 12.4 Å². The summed E-state index contributed by atoms with van der Waals surface area (Å²) in [7, 11) is 1.58. The van der Waals surface area contributed by atoms with Gasteiger partial charge in [0.2, 0.25) is 5.88 Å². The van der Waals surface area contributed by atoms with Gasteiger partial charge in [-0.05, 0) is 28.8 Å². The highest BCUT2D eigenvalue weighted by Crippen LogP contribution is 2.21. The number of hydrogen-bond donors (Lipinski definition) is 1. The van der Waals surface area contributed by atoms with Gasteiger partial charge in [-0.15, -0.1) is 0 Å². The fourth-order valence-corrected chi connectivity index (χ4v) is 1.54. The molecule has 0 radical (unpaired) electrons. The molecule has 15 heavy (non-hydrogen) atoms. The molecule has 0 bridgehead atoms. The van der Waals surface area contributed by atoms with Crippen LogP contribution in [0.3, 0.4) is 0 Å². The first-order valence-corrected chi connectivity index (χ1v) is 5.83. The molecule has 0 atom stereocenters. The van der Waals surface area contributed by atoms with Gasteiger partial charge in [0.05, 0.1) is 13.3 Å². The highest BCUT2D eigenvalue weighted by molar-refractivity contribution is 9.10. The van der Waals surface area contributed by atoms with E-state index in [0.717, 1.165) is 23.3 Å². The Kier molecular flexibility index (Phi) is 4.81. The number of ether oxygens (including phenoxy) is 1. The molecule has 0 aliphatic carbocycles. The topological polar surface area (TPSA) is 47.0 Å². The SMILES string of the molecule is CCC(CC)Nc1nc(OC)cnc1Br. The summed E-state index contributed by atoms with van der Waals surface area (Å²) < 4.78 is 5.74. The van der Waals surface area contributed by atoms with Crippen LogP contribution in [-0.4, -0.2) is 23.1 Å². The van der Waals surface area contributed by atoms with E-state index in [1.54, 1.807) is 13.3 Å². The van der Waals surface area contributed by atoms with Gasteiger partial charge in [-0.1, -0.05) is 13.8 Å². The summed E-state index contributed by atoms with van der Waals surface area (Å²) in [5, 5.41) is 3.32. The minimum absolute atomic E-state index is 0.419. The van der Waals surface area contributed by atoms with Gasteiger partial charge in [0.1, 0.15) is 4.60 Å². The Hall–Kier alpha value is -0.840. The fraction of sp³-hybridized carbons (Fsp3) is 0.600. The number of anilines is 1. The van der Waals surface area contributed by atoms with Crippen LogP contribution in [0.2, 0.25) is 0 Å².